The van der Waals surface area contributed by atoms with E-state index in [0.29, 0.717) is 6.61 Å². The fourth-order valence-electron chi connectivity index (χ4n) is 6.59. The zero-order valence-electron chi connectivity index (χ0n) is 24.2. The number of hydrogen-bond acceptors (Lipinski definition) is 5. The Labute approximate surface area is 245 Å². The highest BCUT2D eigenvalue weighted by Gasteiger charge is 2.37. The first-order chi connectivity index (χ1) is 20.4. The molecule has 7 rings (SSSR count). The smallest absolute Gasteiger partial charge is 0.252 e. The van der Waals surface area contributed by atoms with Gasteiger partial charge in [-0.15, -0.1) is 0 Å². The second-order valence-corrected chi connectivity index (χ2v) is 12.0. The molecule has 3 fully saturated rings. The van der Waals surface area contributed by atoms with Gasteiger partial charge in [-0.2, -0.15) is 0 Å². The Hall–Kier alpha value is -4.16. The summed E-state index contributed by atoms with van der Waals surface area (Å²) in [7, 11) is 0. The Kier molecular flexibility index (Phi) is 6.95. The summed E-state index contributed by atoms with van der Waals surface area (Å²) in [6.07, 6.45) is 5.22. The van der Waals surface area contributed by atoms with E-state index in [9.17, 15) is 9.59 Å². The van der Waals surface area contributed by atoms with Crippen LogP contribution in [0, 0.1) is 17.8 Å². The molecule has 0 spiro atoms. The molecule has 0 saturated carbocycles. The van der Waals surface area contributed by atoms with E-state index < -0.39 is 0 Å². The minimum absolute atomic E-state index is 0.00206. The number of benzene rings is 2. The number of H-pyrrole nitrogens is 2. The molecule has 3 atom stereocenters. The van der Waals surface area contributed by atoms with Crippen molar-refractivity contribution >= 4 is 33.9 Å². The van der Waals surface area contributed by atoms with Crippen LogP contribution < -0.4 is 0 Å². The summed E-state index contributed by atoms with van der Waals surface area (Å²) in [5, 5.41) is 0. The molecule has 42 heavy (non-hydrogen) atoms. The fraction of sp³-hybridized carbons (Fsp3) is 0.455. The summed E-state index contributed by atoms with van der Waals surface area (Å²) >= 11 is 0. The molecule has 3 saturated heterocycles. The van der Waals surface area contributed by atoms with Gasteiger partial charge in [-0.1, -0.05) is 25.7 Å². The van der Waals surface area contributed by atoms with Crippen LogP contribution in [0.25, 0.3) is 22.1 Å². The van der Waals surface area contributed by atoms with Gasteiger partial charge in [-0.05, 0) is 74.9 Å². The minimum atomic E-state index is -0.309. The summed E-state index contributed by atoms with van der Waals surface area (Å²) in [4.78, 5) is 46.3. The first-order valence-corrected chi connectivity index (χ1v) is 15.2. The van der Waals surface area contributed by atoms with Crippen molar-refractivity contribution in [1.82, 2.24) is 29.7 Å². The van der Waals surface area contributed by atoms with Crippen molar-refractivity contribution < 1.29 is 14.3 Å². The van der Waals surface area contributed by atoms with Gasteiger partial charge >= 0.3 is 0 Å². The van der Waals surface area contributed by atoms with Gasteiger partial charge in [-0.3, -0.25) is 9.59 Å². The van der Waals surface area contributed by atoms with Crippen LogP contribution in [0.4, 0.5) is 0 Å². The number of nitrogens with one attached hydrogen (secondary N) is 2. The maximum Gasteiger partial charge on any atom is 0.252 e. The van der Waals surface area contributed by atoms with Crippen LogP contribution in [0.15, 0.2) is 36.4 Å². The number of aromatic amines is 2. The summed E-state index contributed by atoms with van der Waals surface area (Å²) in [6.45, 7) is 6.09. The molecule has 9 heteroatoms. The summed E-state index contributed by atoms with van der Waals surface area (Å²) < 4.78 is 5.66. The number of imidazole rings is 2. The van der Waals surface area contributed by atoms with Crippen LogP contribution in [0.5, 0.6) is 0 Å². The first-order valence-electron chi connectivity index (χ1n) is 15.2. The quantitative estimate of drug-likeness (QED) is 0.339. The molecule has 0 radical (unpaired) electrons. The molecule has 2 N–H and O–H groups in total. The van der Waals surface area contributed by atoms with Crippen molar-refractivity contribution in [2.45, 2.75) is 70.6 Å². The molecule has 216 valence electrons. The van der Waals surface area contributed by atoms with Crippen molar-refractivity contribution in [3.8, 4) is 11.8 Å². The van der Waals surface area contributed by atoms with E-state index in [2.05, 4.69) is 21.8 Å². The van der Waals surface area contributed by atoms with Gasteiger partial charge in [0, 0.05) is 36.7 Å². The van der Waals surface area contributed by atoms with Crippen LogP contribution in [0.3, 0.4) is 0 Å². The van der Waals surface area contributed by atoms with E-state index in [1.807, 2.05) is 60.0 Å². The average molecular weight is 565 g/mol. The predicted molar refractivity (Wildman–Crippen MR) is 159 cm³/mol. The van der Waals surface area contributed by atoms with E-state index in [4.69, 9.17) is 14.7 Å². The van der Waals surface area contributed by atoms with Crippen LogP contribution in [-0.4, -0.2) is 67.4 Å². The normalized spacial score (nSPS) is 22.4. The van der Waals surface area contributed by atoms with Gasteiger partial charge in [0.05, 0.1) is 34.2 Å². The molecule has 5 heterocycles. The largest absolute Gasteiger partial charge is 0.368 e. The number of nitrogens with zero attached hydrogens (tertiary/aromatic N) is 4. The van der Waals surface area contributed by atoms with Crippen LogP contribution in [-0.2, 0) is 14.3 Å². The van der Waals surface area contributed by atoms with E-state index in [1.165, 1.54) is 0 Å². The molecule has 4 aromatic rings. The van der Waals surface area contributed by atoms with Crippen LogP contribution >= 0.6 is 0 Å². The Morgan fingerprint density at radius 1 is 0.833 bits per heavy atom. The molecule has 3 aliphatic rings. The molecular formula is C33H36N6O3. The SMILES string of the molecule is CC(C)C(=O)N1CCC[C@H]1c1nc2ccc(C#Cc3ccc4[nH]c([C@@H]5CCCN5C(=O)[C@H]5CCCO5)nc4c3)cc2[nH]1. The second kappa shape index (κ2) is 10.9. The summed E-state index contributed by atoms with van der Waals surface area (Å²) in [5.41, 5.74) is 5.35. The van der Waals surface area contributed by atoms with Gasteiger partial charge in [0.2, 0.25) is 5.91 Å². The van der Waals surface area contributed by atoms with Gasteiger partial charge < -0.3 is 24.5 Å². The highest BCUT2D eigenvalue weighted by molar-refractivity contribution is 5.83. The second-order valence-electron chi connectivity index (χ2n) is 12.0. The zero-order chi connectivity index (χ0) is 28.8. The number of fused-ring (bicyclic) bond motifs is 2. The van der Waals surface area contributed by atoms with Crippen LogP contribution in [0.2, 0.25) is 0 Å². The Morgan fingerprint density at radius 3 is 2.24 bits per heavy atom. The number of amides is 2. The molecule has 9 nitrogen and oxygen atoms in total. The number of carbonyl (C=O) groups excluding carboxylic acids is 2. The molecule has 2 aromatic heterocycles. The maximum atomic E-state index is 13.1. The third-order valence-electron chi connectivity index (χ3n) is 8.75. The zero-order valence-corrected chi connectivity index (χ0v) is 24.2. The Bertz CT molecular complexity index is 1720. The van der Waals surface area contributed by atoms with E-state index in [-0.39, 0.29) is 35.9 Å². The van der Waals surface area contributed by atoms with Gasteiger partial charge in [0.1, 0.15) is 17.8 Å². The van der Waals surface area contributed by atoms with Crippen molar-refractivity contribution in [2.75, 3.05) is 19.7 Å². The lowest BCUT2D eigenvalue weighted by molar-refractivity contribution is -0.142. The third-order valence-corrected chi connectivity index (χ3v) is 8.75. The lowest BCUT2D eigenvalue weighted by Gasteiger charge is -2.25. The maximum absolute atomic E-state index is 13.1. The first kappa shape index (κ1) is 26.7. The van der Waals surface area contributed by atoms with E-state index >= 15 is 0 Å². The number of aromatic nitrogens is 4. The standard InChI is InChI=1S/C33H36N6O3/c1-20(2)32(40)38-15-3-6-27(38)30-34-23-13-11-21(18-25(23)36-30)9-10-22-12-14-24-26(19-22)37-31(35-24)28-7-4-16-39(28)33(41)29-8-5-17-42-29/h11-14,18-20,27-29H,3-8,15-17H2,1-2H3,(H,34,36)(H,35,37)/t27-,28-,29+/m0/s1. The molecule has 2 amide bonds. The lowest BCUT2D eigenvalue weighted by atomic mass is 10.1. The van der Waals surface area contributed by atoms with E-state index in [0.717, 1.165) is 96.5 Å². The Balaban J connectivity index is 1.09. The fourth-order valence-corrected chi connectivity index (χ4v) is 6.59. The Morgan fingerprint density at radius 2 is 1.50 bits per heavy atom. The lowest BCUT2D eigenvalue weighted by Crippen LogP contribution is -2.38. The monoisotopic (exact) mass is 564 g/mol. The third kappa shape index (κ3) is 4.94. The summed E-state index contributed by atoms with van der Waals surface area (Å²) in [5.74, 6) is 8.49. The molecule has 3 aliphatic heterocycles. The summed E-state index contributed by atoms with van der Waals surface area (Å²) in [6, 6.07) is 11.9. The molecule has 0 unspecified atom stereocenters. The van der Waals surface area contributed by atoms with Gasteiger partial charge in [0.25, 0.3) is 5.91 Å². The van der Waals surface area contributed by atoms with Crippen molar-refractivity contribution in [1.29, 1.82) is 0 Å². The van der Waals surface area contributed by atoms with Crippen molar-refractivity contribution in [2.24, 2.45) is 5.92 Å². The average Bonchev–Trinajstić information content (AvgIpc) is 3.83. The van der Waals surface area contributed by atoms with Gasteiger partial charge in [-0.25, -0.2) is 9.97 Å². The number of rotatable bonds is 4. The number of carbonyl (C=O) groups is 2. The molecular weight excluding hydrogens is 528 g/mol. The highest BCUT2D eigenvalue weighted by atomic mass is 16.5. The minimum Gasteiger partial charge on any atom is -0.368 e. The van der Waals surface area contributed by atoms with Crippen molar-refractivity contribution in [3.05, 3.63) is 59.2 Å². The van der Waals surface area contributed by atoms with Gasteiger partial charge in [0.15, 0.2) is 0 Å². The van der Waals surface area contributed by atoms with Crippen LogP contribution in [0.1, 0.15) is 87.2 Å². The topological polar surface area (TPSA) is 107 Å². The van der Waals surface area contributed by atoms with Crippen molar-refractivity contribution in [3.63, 3.8) is 0 Å². The van der Waals surface area contributed by atoms with E-state index in [1.54, 1.807) is 0 Å². The predicted octanol–water partition coefficient (Wildman–Crippen LogP) is 5.00. The molecule has 0 aliphatic carbocycles. The number of likely N-dealkylation sites (tertiary alicyclic amines) is 2. The molecule has 0 bridgehead atoms. The highest BCUT2D eigenvalue weighted by Crippen LogP contribution is 2.34. The molecule has 2 aromatic carbocycles. The number of hydrogen-bond donors (Lipinski definition) is 2. The number of ether oxygens (including phenoxy) is 1.